The maximum atomic E-state index is 11.9. The predicted molar refractivity (Wildman–Crippen MR) is 81.2 cm³/mol. The predicted octanol–water partition coefficient (Wildman–Crippen LogP) is 3.24. The summed E-state index contributed by atoms with van der Waals surface area (Å²) in [6.07, 6.45) is 9.89. The van der Waals surface area contributed by atoms with E-state index in [4.69, 9.17) is 0 Å². The highest BCUT2D eigenvalue weighted by atomic mass is 16.1. The summed E-state index contributed by atoms with van der Waals surface area (Å²) in [5, 5.41) is 6.51. The highest BCUT2D eigenvalue weighted by molar-refractivity contribution is 5.78. The molecule has 0 bridgehead atoms. The number of amides is 1. The van der Waals surface area contributed by atoms with Gasteiger partial charge in [-0.3, -0.25) is 4.79 Å². The molecule has 1 rings (SSSR count). The Morgan fingerprint density at radius 1 is 1.05 bits per heavy atom. The number of carbonyl (C=O) groups is 1. The van der Waals surface area contributed by atoms with Gasteiger partial charge < -0.3 is 10.6 Å². The summed E-state index contributed by atoms with van der Waals surface area (Å²) in [5.74, 6) is 0.910. The molecule has 0 heterocycles. The van der Waals surface area contributed by atoms with Gasteiger partial charge in [-0.2, -0.15) is 0 Å². The van der Waals surface area contributed by atoms with E-state index in [1.807, 2.05) is 0 Å². The zero-order valence-electron chi connectivity index (χ0n) is 13.0. The summed E-state index contributed by atoms with van der Waals surface area (Å²) < 4.78 is 0. The van der Waals surface area contributed by atoms with Crippen LogP contribution in [0.3, 0.4) is 0 Å². The molecule has 112 valence electrons. The Morgan fingerprint density at radius 2 is 1.68 bits per heavy atom. The molecule has 1 unspecified atom stereocenters. The molecule has 0 radical (unpaired) electrons. The number of carbonyl (C=O) groups excluding carboxylic acids is 1. The molecule has 0 aromatic carbocycles. The minimum absolute atomic E-state index is 0.170. The molecule has 1 amide bonds. The van der Waals surface area contributed by atoms with Gasteiger partial charge in [0.25, 0.3) is 0 Å². The molecular formula is C16H32N2O. The molecular weight excluding hydrogens is 236 g/mol. The number of hydrogen-bond donors (Lipinski definition) is 2. The summed E-state index contributed by atoms with van der Waals surface area (Å²) in [6.45, 7) is 7.12. The van der Waals surface area contributed by atoms with Crippen LogP contribution in [-0.2, 0) is 4.79 Å². The van der Waals surface area contributed by atoms with Gasteiger partial charge in [0.2, 0.25) is 5.91 Å². The van der Waals surface area contributed by atoms with Crippen molar-refractivity contribution in [3.63, 3.8) is 0 Å². The molecule has 1 fully saturated rings. The van der Waals surface area contributed by atoms with E-state index in [0.29, 0.717) is 18.6 Å². The zero-order chi connectivity index (χ0) is 14.1. The van der Waals surface area contributed by atoms with Crippen LogP contribution >= 0.6 is 0 Å². The average Bonchev–Trinajstić information content (AvgIpc) is 2.62. The molecule has 19 heavy (non-hydrogen) atoms. The molecule has 3 nitrogen and oxygen atoms in total. The third-order valence-electron chi connectivity index (χ3n) is 4.01. The summed E-state index contributed by atoms with van der Waals surface area (Å²) in [7, 11) is 0. The second-order valence-electron chi connectivity index (χ2n) is 6.51. The molecule has 1 saturated carbocycles. The monoisotopic (exact) mass is 268 g/mol. The van der Waals surface area contributed by atoms with Gasteiger partial charge in [0.05, 0.1) is 6.54 Å². The Labute approximate surface area is 118 Å². The van der Waals surface area contributed by atoms with Crippen molar-refractivity contribution in [3.8, 4) is 0 Å². The van der Waals surface area contributed by atoms with Crippen LogP contribution in [0.4, 0.5) is 0 Å². The first-order chi connectivity index (χ1) is 9.08. The minimum Gasteiger partial charge on any atom is -0.352 e. The third kappa shape index (κ3) is 8.25. The fourth-order valence-electron chi connectivity index (χ4n) is 2.65. The van der Waals surface area contributed by atoms with Crippen molar-refractivity contribution in [2.24, 2.45) is 5.92 Å². The van der Waals surface area contributed by atoms with E-state index < -0.39 is 0 Å². The Balaban J connectivity index is 2.12. The minimum atomic E-state index is 0.170. The summed E-state index contributed by atoms with van der Waals surface area (Å²) in [4.78, 5) is 11.9. The van der Waals surface area contributed by atoms with Crippen LogP contribution in [0.5, 0.6) is 0 Å². The van der Waals surface area contributed by atoms with E-state index in [2.05, 4.69) is 31.4 Å². The van der Waals surface area contributed by atoms with E-state index in [1.54, 1.807) is 0 Å². The summed E-state index contributed by atoms with van der Waals surface area (Å²) in [5.41, 5.74) is 0. The molecule has 1 atom stereocenters. The number of rotatable bonds is 7. The second kappa shape index (κ2) is 9.35. The Bertz CT molecular complexity index is 245. The topological polar surface area (TPSA) is 41.1 Å². The molecule has 2 N–H and O–H groups in total. The molecule has 1 aliphatic carbocycles. The lowest BCUT2D eigenvalue weighted by atomic mass is 10.0. The van der Waals surface area contributed by atoms with E-state index in [9.17, 15) is 4.79 Å². The van der Waals surface area contributed by atoms with E-state index in [1.165, 1.54) is 32.1 Å². The third-order valence-corrected chi connectivity index (χ3v) is 4.01. The first-order valence-electron chi connectivity index (χ1n) is 8.10. The van der Waals surface area contributed by atoms with Crippen LogP contribution < -0.4 is 10.6 Å². The molecule has 0 spiro atoms. The van der Waals surface area contributed by atoms with Crippen LogP contribution in [0.1, 0.15) is 72.1 Å². The van der Waals surface area contributed by atoms with Crippen molar-refractivity contribution in [2.45, 2.75) is 84.2 Å². The Hall–Kier alpha value is -0.570. The first kappa shape index (κ1) is 16.5. The molecule has 1 aliphatic rings. The number of hydrogen-bond acceptors (Lipinski definition) is 2. The van der Waals surface area contributed by atoms with Gasteiger partial charge in [-0.05, 0) is 38.5 Å². The molecule has 0 aromatic heterocycles. The molecule has 3 heteroatoms. The fourth-order valence-corrected chi connectivity index (χ4v) is 2.65. The lowest BCUT2D eigenvalue weighted by Crippen LogP contribution is -2.42. The SMILES string of the molecule is CC(C)CCC(C)NCC(=O)NC1CCCCCC1. The van der Waals surface area contributed by atoms with Gasteiger partial charge in [0.1, 0.15) is 0 Å². The van der Waals surface area contributed by atoms with Crippen molar-refractivity contribution in [2.75, 3.05) is 6.54 Å². The van der Waals surface area contributed by atoms with Gasteiger partial charge >= 0.3 is 0 Å². The van der Waals surface area contributed by atoms with Crippen molar-refractivity contribution in [3.05, 3.63) is 0 Å². The zero-order valence-corrected chi connectivity index (χ0v) is 13.0. The lowest BCUT2D eigenvalue weighted by Gasteiger charge is -2.18. The van der Waals surface area contributed by atoms with Crippen molar-refractivity contribution < 1.29 is 4.79 Å². The maximum Gasteiger partial charge on any atom is 0.234 e. The maximum absolute atomic E-state index is 11.9. The summed E-state index contributed by atoms with van der Waals surface area (Å²) >= 11 is 0. The fraction of sp³-hybridized carbons (Fsp3) is 0.938. The van der Waals surface area contributed by atoms with Crippen LogP contribution in [0.2, 0.25) is 0 Å². The highest BCUT2D eigenvalue weighted by Crippen LogP contribution is 2.17. The van der Waals surface area contributed by atoms with Crippen LogP contribution in [0.25, 0.3) is 0 Å². The van der Waals surface area contributed by atoms with Crippen LogP contribution in [0, 0.1) is 5.92 Å². The molecule has 0 aromatic rings. The van der Waals surface area contributed by atoms with Gasteiger partial charge in [-0.25, -0.2) is 0 Å². The smallest absolute Gasteiger partial charge is 0.234 e. The Kier molecular flexibility index (Phi) is 8.11. The molecule has 0 aliphatic heterocycles. The second-order valence-corrected chi connectivity index (χ2v) is 6.51. The van der Waals surface area contributed by atoms with Crippen LogP contribution in [-0.4, -0.2) is 24.5 Å². The van der Waals surface area contributed by atoms with Crippen LogP contribution in [0.15, 0.2) is 0 Å². The van der Waals surface area contributed by atoms with Crippen molar-refractivity contribution in [1.82, 2.24) is 10.6 Å². The van der Waals surface area contributed by atoms with Crippen molar-refractivity contribution >= 4 is 5.91 Å². The quantitative estimate of drug-likeness (QED) is 0.696. The van der Waals surface area contributed by atoms with E-state index in [-0.39, 0.29) is 5.91 Å². The van der Waals surface area contributed by atoms with Gasteiger partial charge in [0.15, 0.2) is 0 Å². The highest BCUT2D eigenvalue weighted by Gasteiger charge is 2.14. The normalized spacial score (nSPS) is 19.2. The lowest BCUT2D eigenvalue weighted by molar-refractivity contribution is -0.121. The van der Waals surface area contributed by atoms with E-state index >= 15 is 0 Å². The van der Waals surface area contributed by atoms with Gasteiger partial charge in [0, 0.05) is 12.1 Å². The largest absolute Gasteiger partial charge is 0.352 e. The van der Waals surface area contributed by atoms with Gasteiger partial charge in [-0.15, -0.1) is 0 Å². The number of nitrogens with one attached hydrogen (secondary N) is 2. The van der Waals surface area contributed by atoms with E-state index in [0.717, 1.165) is 25.2 Å². The van der Waals surface area contributed by atoms with Gasteiger partial charge in [-0.1, -0.05) is 39.5 Å². The Morgan fingerprint density at radius 3 is 2.26 bits per heavy atom. The standard InChI is InChI=1S/C16H32N2O/c1-13(2)10-11-14(3)17-12-16(19)18-15-8-6-4-5-7-9-15/h13-15,17H,4-12H2,1-3H3,(H,18,19). The molecule has 0 saturated heterocycles. The average molecular weight is 268 g/mol. The summed E-state index contributed by atoms with van der Waals surface area (Å²) in [6, 6.07) is 0.852. The van der Waals surface area contributed by atoms with Crippen molar-refractivity contribution in [1.29, 1.82) is 0 Å². The first-order valence-corrected chi connectivity index (χ1v) is 8.10.